The Kier molecular flexibility index (Phi) is 20.8. The van der Waals surface area contributed by atoms with E-state index in [0.717, 1.165) is 51.4 Å². The summed E-state index contributed by atoms with van der Waals surface area (Å²) in [6.07, 6.45) is 25.2. The van der Waals surface area contributed by atoms with Gasteiger partial charge in [0.2, 0.25) is 0 Å². The molecule has 40 nitrogen and oxygen atoms in total. The SMILES string of the molecule is COC(=O)C[C@@]12C[C@H]3C=C[C@]1(COC2=O)O3.COC(=O)C[C@@]12C[C@H]3CC[C@]1(COC2=O)O3.COC(=O)C[C@]12C[C@@H]3C=C[C@@]1(COC2=O)O3.COC(=O)C[C@]12C[C@@H]3CC[C@@]1(COC2=O)O3.O=C(O)C[C@@]12C[C@H]3C=C[C@]1(COC2=O)O3.O=C(O)C[C@@]12C[C@H]3CC[C@]1(COC2=O)O3.O=C(O)C[C@]12C[C@@H]3C=C[C@@]1(COC2=O)O3.O=C(O)C[C@]12C[C@@H]3CC[C@@]1(COC2=O)O3. The summed E-state index contributed by atoms with van der Waals surface area (Å²) in [5.41, 5.74) is -12.5. The Morgan fingerprint density at radius 1 is 0.274 bits per heavy atom. The van der Waals surface area contributed by atoms with Gasteiger partial charge in [-0.05, 0) is 127 Å². The molecule has 24 aliphatic rings. The quantitative estimate of drug-likeness (QED) is 0.0976. The van der Waals surface area contributed by atoms with E-state index in [1.807, 2.05) is 36.5 Å². The van der Waals surface area contributed by atoms with Gasteiger partial charge in [-0.1, -0.05) is 24.3 Å². The van der Waals surface area contributed by atoms with E-state index in [0.29, 0.717) is 64.6 Å². The summed E-state index contributed by atoms with van der Waals surface area (Å²) < 4.78 is 105. The van der Waals surface area contributed by atoms with Crippen LogP contribution in [-0.2, 0) is 171 Å². The van der Waals surface area contributed by atoms with Crippen molar-refractivity contribution in [3.8, 4) is 0 Å². The van der Waals surface area contributed by atoms with Gasteiger partial charge in [-0.2, -0.15) is 0 Å². The molecule has 0 aromatic carbocycles. The summed E-state index contributed by atoms with van der Waals surface area (Å²) in [6, 6.07) is 0. The number of aliphatic carboxylic acids is 4. The maximum absolute atomic E-state index is 11.9. The minimum Gasteiger partial charge on any atom is -0.481 e. The highest BCUT2D eigenvalue weighted by Gasteiger charge is 2.79. The second-order valence-corrected chi connectivity index (χ2v) is 36.9. The van der Waals surface area contributed by atoms with Crippen molar-refractivity contribution in [3.05, 3.63) is 48.6 Å². The molecule has 24 aliphatic heterocycles. The molecule has 672 valence electrons. The number of esters is 12. The molecule has 0 amide bonds. The lowest BCUT2D eigenvalue weighted by atomic mass is 9.65. The summed E-state index contributed by atoms with van der Waals surface area (Å²) in [6.45, 7) is 1.74. The van der Waals surface area contributed by atoms with Crippen LogP contribution in [0.15, 0.2) is 48.6 Å². The Balaban J connectivity index is 0.000000100. The Hall–Kier alpha value is -9.84. The van der Waals surface area contributed by atoms with Gasteiger partial charge in [-0.3, -0.25) is 76.7 Å². The van der Waals surface area contributed by atoms with Crippen molar-refractivity contribution in [3.63, 3.8) is 0 Å². The summed E-state index contributed by atoms with van der Waals surface area (Å²) in [7, 11) is 5.30. The molecule has 0 aromatic heterocycles. The van der Waals surface area contributed by atoms with E-state index in [4.69, 9.17) is 96.2 Å². The molecule has 24 atom stereocenters. The highest BCUT2D eigenvalue weighted by atomic mass is 16.7. The molecule has 0 saturated carbocycles. The Morgan fingerprint density at radius 3 is 0.661 bits per heavy atom. The third-order valence-corrected chi connectivity index (χ3v) is 31.1. The Labute approximate surface area is 705 Å². The number of cyclic esters (lactones) is 8. The van der Waals surface area contributed by atoms with E-state index in [1.165, 1.54) is 28.4 Å². The summed E-state index contributed by atoms with van der Waals surface area (Å²) in [5.74, 6) is -8.32. The van der Waals surface area contributed by atoms with Gasteiger partial charge in [-0.15, -0.1) is 0 Å². The molecular weight excluding hydrogens is 1650 g/mol. The summed E-state index contributed by atoms with van der Waals surface area (Å²) in [4.78, 5) is 183. The number of carboxylic acids is 4. The molecule has 20 fully saturated rings. The summed E-state index contributed by atoms with van der Waals surface area (Å²) >= 11 is 0. The standard InChI is InChI=1S/2C11H14O5.2C11H12O5.2C10H12O5.2C10H10O5/c4*1-14-8(12)5-10-4-7-2-3-11(10,16-7)6-15-9(10)13;4*11-7(12)4-9-3-6-1-2-10(9,15-6)5-14-8(9)13/h2*7H,2-6H2,1H3;2*2-3,7H,4-6H2,1H3;2*6H,1-5H2,(H,11,12);2*1-2,6H,3-5H2,(H,11,12)/t4*7-,10-,11-;4*6-,9-,10-/m10101010/s1. The van der Waals surface area contributed by atoms with Crippen molar-refractivity contribution in [1.29, 1.82) is 0 Å². The topological polar surface area (TPSA) is 539 Å². The van der Waals surface area contributed by atoms with Gasteiger partial charge >= 0.3 is 95.5 Å². The van der Waals surface area contributed by atoms with Crippen molar-refractivity contribution in [2.24, 2.45) is 43.3 Å². The van der Waals surface area contributed by atoms with Gasteiger partial charge in [0, 0.05) is 0 Å². The lowest BCUT2D eigenvalue weighted by Gasteiger charge is -2.32. The number of carbonyl (C=O) groups is 16. The monoisotopic (exact) mass is 1740 g/mol. The first-order valence-electron chi connectivity index (χ1n) is 41.5. The molecule has 0 unspecified atom stereocenters. The number of rotatable bonds is 16. The van der Waals surface area contributed by atoms with E-state index in [1.54, 1.807) is 12.2 Å². The number of fused-ring (bicyclic) bond motifs is 8. The zero-order valence-corrected chi connectivity index (χ0v) is 68.4. The predicted molar refractivity (Wildman–Crippen MR) is 394 cm³/mol. The second kappa shape index (κ2) is 29.9. The van der Waals surface area contributed by atoms with Crippen molar-refractivity contribution in [2.45, 2.75) is 248 Å². The van der Waals surface area contributed by atoms with Crippen LogP contribution >= 0.6 is 0 Å². The van der Waals surface area contributed by atoms with Gasteiger partial charge in [-0.25, -0.2) is 0 Å². The predicted octanol–water partition coefficient (Wildman–Crippen LogP) is 2.06. The zero-order chi connectivity index (χ0) is 88.3. The van der Waals surface area contributed by atoms with E-state index in [2.05, 4.69) is 18.9 Å². The van der Waals surface area contributed by atoms with Gasteiger partial charge in [0.15, 0.2) is 0 Å². The minimum absolute atomic E-state index is 0.0309. The van der Waals surface area contributed by atoms with Crippen molar-refractivity contribution in [2.75, 3.05) is 81.3 Å². The van der Waals surface area contributed by atoms with E-state index in [9.17, 15) is 76.7 Å². The van der Waals surface area contributed by atoms with Gasteiger partial charge in [0.05, 0.1) is 129 Å². The molecule has 0 aliphatic carbocycles. The highest BCUT2D eigenvalue weighted by Crippen LogP contribution is 2.68. The van der Waals surface area contributed by atoms with Gasteiger partial charge in [0.1, 0.15) is 141 Å². The number of carbonyl (C=O) groups excluding carboxylic acids is 12. The first-order chi connectivity index (χ1) is 58.8. The van der Waals surface area contributed by atoms with Crippen LogP contribution in [0.4, 0.5) is 0 Å². The van der Waals surface area contributed by atoms with E-state index in [-0.39, 0.29) is 188 Å². The molecular formula is C84H96O40. The van der Waals surface area contributed by atoms with Crippen LogP contribution in [0, 0.1) is 43.3 Å². The fraction of sp³-hybridized carbons (Fsp3) is 0.714. The average Bonchev–Trinajstić information content (AvgIpc) is 1.57. The number of hydrogen-bond acceptors (Lipinski definition) is 36. The zero-order valence-electron chi connectivity index (χ0n) is 68.4. The van der Waals surface area contributed by atoms with E-state index >= 15 is 0 Å². The van der Waals surface area contributed by atoms with Gasteiger partial charge < -0.3 is 115 Å². The fourth-order valence-electron chi connectivity index (χ4n) is 24.8. The minimum atomic E-state index is -0.988. The number of hydrogen-bond donors (Lipinski definition) is 4. The maximum atomic E-state index is 11.9. The van der Waals surface area contributed by atoms with Crippen LogP contribution in [-0.4, -0.2) is 291 Å². The Bertz CT molecular complexity index is 4450. The van der Waals surface area contributed by atoms with Crippen LogP contribution in [0.5, 0.6) is 0 Å². The van der Waals surface area contributed by atoms with Crippen LogP contribution in [0.3, 0.4) is 0 Å². The van der Waals surface area contributed by atoms with Crippen LogP contribution < -0.4 is 0 Å². The smallest absolute Gasteiger partial charge is 0.316 e. The summed E-state index contributed by atoms with van der Waals surface area (Å²) in [5, 5.41) is 35.5. The van der Waals surface area contributed by atoms with Crippen molar-refractivity contribution < 1.29 is 192 Å². The van der Waals surface area contributed by atoms with Crippen molar-refractivity contribution in [1.82, 2.24) is 0 Å². The molecule has 24 rings (SSSR count). The Morgan fingerprint density at radius 2 is 0.460 bits per heavy atom. The van der Waals surface area contributed by atoms with Crippen molar-refractivity contribution >= 4 is 95.5 Å². The molecule has 0 aromatic rings. The molecule has 0 radical (unpaired) electrons. The van der Waals surface area contributed by atoms with Crippen LogP contribution in [0.25, 0.3) is 0 Å². The number of carboxylic acid groups (broad SMARTS) is 4. The maximum Gasteiger partial charge on any atom is 0.316 e. The number of ether oxygens (including phenoxy) is 20. The lowest BCUT2D eigenvalue weighted by Crippen LogP contribution is -2.47. The highest BCUT2D eigenvalue weighted by molar-refractivity contribution is 5.93. The third-order valence-electron chi connectivity index (χ3n) is 31.1. The first-order valence-corrected chi connectivity index (χ1v) is 41.5. The molecule has 16 bridgehead atoms. The molecule has 20 saturated heterocycles. The fourth-order valence-corrected chi connectivity index (χ4v) is 24.8. The molecule has 4 N–H and O–H groups in total. The largest absolute Gasteiger partial charge is 0.481 e. The van der Waals surface area contributed by atoms with E-state index < -0.39 is 136 Å². The average molecular weight is 1750 g/mol. The van der Waals surface area contributed by atoms with Crippen LogP contribution in [0.2, 0.25) is 0 Å². The normalized spacial score (nSPS) is 44.9. The van der Waals surface area contributed by atoms with Gasteiger partial charge in [0.25, 0.3) is 0 Å². The third kappa shape index (κ3) is 12.4. The molecule has 24 heterocycles. The molecule has 40 heteroatoms. The molecule has 8 spiro atoms. The molecule has 124 heavy (non-hydrogen) atoms. The first kappa shape index (κ1) is 86.3. The lowest BCUT2D eigenvalue weighted by molar-refractivity contribution is -0.155. The second-order valence-electron chi connectivity index (χ2n) is 36.9. The number of methoxy groups -OCH3 is 4. The van der Waals surface area contributed by atoms with Crippen LogP contribution in [0.1, 0.15) is 154 Å².